The highest BCUT2D eigenvalue weighted by molar-refractivity contribution is 5.92. The second-order valence-corrected chi connectivity index (χ2v) is 4.45. The van der Waals surface area contributed by atoms with Gasteiger partial charge in [0.2, 0.25) is 5.91 Å². The maximum absolute atomic E-state index is 11.6. The van der Waals surface area contributed by atoms with Crippen molar-refractivity contribution in [3.8, 4) is 0 Å². The molecule has 9 heteroatoms. The lowest BCUT2D eigenvalue weighted by atomic mass is 10.2. The Labute approximate surface area is 126 Å². The van der Waals surface area contributed by atoms with E-state index in [9.17, 15) is 24.5 Å². The van der Waals surface area contributed by atoms with Crippen molar-refractivity contribution in [1.29, 1.82) is 0 Å². The van der Waals surface area contributed by atoms with Crippen LogP contribution in [0.4, 0.5) is 5.69 Å². The number of hydrogen-bond acceptors (Lipinski definition) is 6. The summed E-state index contributed by atoms with van der Waals surface area (Å²) in [5, 5.41) is 12.8. The molecular weight excluding hydrogens is 294 g/mol. The number of rotatable bonds is 6. The van der Waals surface area contributed by atoms with Crippen LogP contribution < -0.4 is 5.32 Å². The van der Waals surface area contributed by atoms with Crippen molar-refractivity contribution in [2.24, 2.45) is 0 Å². The van der Waals surface area contributed by atoms with Gasteiger partial charge in [0, 0.05) is 26.2 Å². The summed E-state index contributed by atoms with van der Waals surface area (Å²) in [6.45, 7) is -0.739. The molecule has 1 aromatic rings. The van der Waals surface area contributed by atoms with Crippen LogP contribution >= 0.6 is 0 Å². The summed E-state index contributed by atoms with van der Waals surface area (Å²) < 4.78 is 4.74. The van der Waals surface area contributed by atoms with Gasteiger partial charge in [-0.25, -0.2) is 4.79 Å². The number of nitro benzene ring substituents is 1. The van der Waals surface area contributed by atoms with Crippen LogP contribution in [0.25, 0.3) is 0 Å². The van der Waals surface area contributed by atoms with Crippen LogP contribution in [0.3, 0.4) is 0 Å². The first-order chi connectivity index (χ1) is 10.3. The van der Waals surface area contributed by atoms with E-state index in [1.807, 2.05) is 0 Å². The topological polar surface area (TPSA) is 119 Å². The number of likely N-dealkylation sites (N-methyl/N-ethyl adjacent to an activating group) is 1. The van der Waals surface area contributed by atoms with Crippen LogP contribution in [-0.2, 0) is 14.3 Å². The first-order valence-electron chi connectivity index (χ1n) is 6.19. The zero-order chi connectivity index (χ0) is 16.7. The van der Waals surface area contributed by atoms with Crippen molar-refractivity contribution in [1.82, 2.24) is 10.2 Å². The second kappa shape index (κ2) is 7.72. The summed E-state index contributed by atoms with van der Waals surface area (Å²) in [4.78, 5) is 45.5. The molecule has 1 aromatic carbocycles. The average Bonchev–Trinajstić information content (AvgIpc) is 2.50. The molecule has 0 aliphatic heterocycles. The van der Waals surface area contributed by atoms with Gasteiger partial charge in [-0.1, -0.05) is 0 Å². The summed E-state index contributed by atoms with van der Waals surface area (Å²) in [5.74, 6) is -1.70. The Morgan fingerprint density at radius 1 is 1.23 bits per heavy atom. The molecule has 0 bridgehead atoms. The molecule has 0 aromatic heterocycles. The van der Waals surface area contributed by atoms with E-state index in [2.05, 4.69) is 5.32 Å². The van der Waals surface area contributed by atoms with E-state index < -0.39 is 23.4 Å². The van der Waals surface area contributed by atoms with Crippen LogP contribution in [0.15, 0.2) is 24.3 Å². The minimum atomic E-state index is -0.788. The molecule has 2 amide bonds. The van der Waals surface area contributed by atoms with E-state index in [1.165, 1.54) is 17.0 Å². The number of non-ortho nitro benzene ring substituents is 1. The van der Waals surface area contributed by atoms with E-state index in [1.54, 1.807) is 14.1 Å². The summed E-state index contributed by atoms with van der Waals surface area (Å²) in [6.07, 6.45) is 0. The lowest BCUT2D eigenvalue weighted by Gasteiger charge is -2.11. The highest BCUT2D eigenvalue weighted by Crippen LogP contribution is 2.12. The number of nitro groups is 1. The average molecular weight is 309 g/mol. The fraction of sp³-hybridized carbons (Fsp3) is 0.308. The van der Waals surface area contributed by atoms with Gasteiger partial charge in [-0.2, -0.15) is 0 Å². The lowest BCUT2D eigenvalue weighted by Crippen LogP contribution is -2.38. The molecule has 0 atom stereocenters. The normalized spacial score (nSPS) is 9.73. The number of nitrogens with zero attached hydrogens (tertiary/aromatic N) is 2. The predicted molar refractivity (Wildman–Crippen MR) is 75.1 cm³/mol. The standard InChI is InChI=1S/C13H15N3O6/c1-15(2)12(18)7-14-11(17)8-22-13(19)9-3-5-10(6-4-9)16(20)21/h3-6H,7-8H2,1-2H3,(H,14,17). The molecule has 0 fully saturated rings. The predicted octanol–water partition coefficient (Wildman–Crippen LogP) is -0.0440. The molecule has 0 unspecified atom stereocenters. The molecule has 9 nitrogen and oxygen atoms in total. The number of carbonyl (C=O) groups excluding carboxylic acids is 3. The summed E-state index contributed by atoms with van der Waals surface area (Å²) in [6, 6.07) is 4.78. The number of ether oxygens (including phenoxy) is 1. The van der Waals surface area contributed by atoms with E-state index in [-0.39, 0.29) is 23.7 Å². The number of esters is 1. The number of hydrogen-bond donors (Lipinski definition) is 1. The van der Waals surface area contributed by atoms with Gasteiger partial charge in [0.05, 0.1) is 17.0 Å². The Bertz CT molecular complexity index is 582. The van der Waals surface area contributed by atoms with Crippen LogP contribution in [0.1, 0.15) is 10.4 Å². The number of carbonyl (C=O) groups is 3. The maximum Gasteiger partial charge on any atom is 0.338 e. The van der Waals surface area contributed by atoms with Crippen molar-refractivity contribution < 1.29 is 24.0 Å². The molecule has 22 heavy (non-hydrogen) atoms. The minimum Gasteiger partial charge on any atom is -0.452 e. The van der Waals surface area contributed by atoms with Crippen LogP contribution in [0.2, 0.25) is 0 Å². The van der Waals surface area contributed by atoms with Crippen molar-refractivity contribution in [3.63, 3.8) is 0 Å². The van der Waals surface area contributed by atoms with Gasteiger partial charge in [0.25, 0.3) is 11.6 Å². The van der Waals surface area contributed by atoms with Crippen molar-refractivity contribution in [2.75, 3.05) is 27.2 Å². The highest BCUT2D eigenvalue weighted by atomic mass is 16.6. The molecule has 0 spiro atoms. The number of nitrogens with one attached hydrogen (secondary N) is 1. The summed E-state index contributed by atoms with van der Waals surface area (Å²) in [5.41, 5.74) is -0.0701. The Balaban J connectivity index is 2.43. The maximum atomic E-state index is 11.6. The molecule has 0 radical (unpaired) electrons. The molecule has 0 saturated heterocycles. The molecule has 0 saturated carbocycles. The molecule has 1 N–H and O–H groups in total. The van der Waals surface area contributed by atoms with Gasteiger partial charge in [-0.15, -0.1) is 0 Å². The zero-order valence-corrected chi connectivity index (χ0v) is 12.1. The van der Waals surface area contributed by atoms with E-state index in [4.69, 9.17) is 4.74 Å². The highest BCUT2D eigenvalue weighted by Gasteiger charge is 2.13. The molecule has 118 valence electrons. The monoisotopic (exact) mass is 309 g/mol. The third-order valence-corrected chi connectivity index (χ3v) is 2.58. The Kier molecular flexibility index (Phi) is 5.99. The van der Waals surface area contributed by atoms with Crippen molar-refractivity contribution in [2.45, 2.75) is 0 Å². The smallest absolute Gasteiger partial charge is 0.338 e. The number of amides is 2. The van der Waals surface area contributed by atoms with Crippen LogP contribution in [0, 0.1) is 10.1 Å². The van der Waals surface area contributed by atoms with Gasteiger partial charge in [-0.3, -0.25) is 19.7 Å². The van der Waals surface area contributed by atoms with Gasteiger partial charge in [0.1, 0.15) is 0 Å². The SMILES string of the molecule is CN(C)C(=O)CNC(=O)COC(=O)c1ccc([N+](=O)[O-])cc1. The fourth-order valence-corrected chi connectivity index (χ4v) is 1.32. The van der Waals surface area contributed by atoms with Gasteiger partial charge < -0.3 is 15.0 Å². The quantitative estimate of drug-likeness (QED) is 0.447. The molecule has 0 heterocycles. The van der Waals surface area contributed by atoms with Crippen molar-refractivity contribution >= 4 is 23.5 Å². The van der Waals surface area contributed by atoms with Crippen LogP contribution in [0.5, 0.6) is 0 Å². The summed E-state index contributed by atoms with van der Waals surface area (Å²) in [7, 11) is 3.09. The Hall–Kier alpha value is -2.97. The third kappa shape index (κ3) is 5.19. The van der Waals surface area contributed by atoms with E-state index >= 15 is 0 Å². The first kappa shape index (κ1) is 17.1. The molecule has 0 aliphatic carbocycles. The number of benzene rings is 1. The fourth-order valence-electron chi connectivity index (χ4n) is 1.32. The second-order valence-electron chi connectivity index (χ2n) is 4.45. The van der Waals surface area contributed by atoms with Crippen LogP contribution in [-0.4, -0.2) is 54.9 Å². The lowest BCUT2D eigenvalue weighted by molar-refractivity contribution is -0.384. The first-order valence-corrected chi connectivity index (χ1v) is 6.19. The molecule has 1 rings (SSSR count). The van der Waals surface area contributed by atoms with Gasteiger partial charge >= 0.3 is 5.97 Å². The Morgan fingerprint density at radius 2 is 1.82 bits per heavy atom. The van der Waals surface area contributed by atoms with E-state index in [0.29, 0.717) is 0 Å². The zero-order valence-electron chi connectivity index (χ0n) is 12.1. The largest absolute Gasteiger partial charge is 0.452 e. The third-order valence-electron chi connectivity index (χ3n) is 2.58. The van der Waals surface area contributed by atoms with E-state index in [0.717, 1.165) is 12.1 Å². The molecule has 0 aliphatic rings. The minimum absolute atomic E-state index is 0.0859. The summed E-state index contributed by atoms with van der Waals surface area (Å²) >= 11 is 0. The molecular formula is C13H15N3O6. The van der Waals surface area contributed by atoms with Gasteiger partial charge in [-0.05, 0) is 12.1 Å². The van der Waals surface area contributed by atoms with Crippen molar-refractivity contribution in [3.05, 3.63) is 39.9 Å². The van der Waals surface area contributed by atoms with Gasteiger partial charge in [0.15, 0.2) is 6.61 Å². The Morgan fingerprint density at radius 3 is 2.32 bits per heavy atom.